The number of aliphatic carboxylic acids is 1. The van der Waals surface area contributed by atoms with Crippen LogP contribution in [0.3, 0.4) is 0 Å². The third-order valence-corrected chi connectivity index (χ3v) is 5.04. The summed E-state index contributed by atoms with van der Waals surface area (Å²) in [7, 11) is 0. The summed E-state index contributed by atoms with van der Waals surface area (Å²) < 4.78 is 19.6. The summed E-state index contributed by atoms with van der Waals surface area (Å²) in [4.78, 5) is 37.3. The Morgan fingerprint density at radius 2 is 1.82 bits per heavy atom. The van der Waals surface area contributed by atoms with Crippen LogP contribution < -0.4 is 10.1 Å². The average Bonchev–Trinajstić information content (AvgIpc) is 3.35. The minimum atomic E-state index is -1.24. The zero-order valence-electron chi connectivity index (χ0n) is 20.1. The highest BCUT2D eigenvalue weighted by molar-refractivity contribution is 5.94. The molecule has 0 saturated heterocycles. The van der Waals surface area contributed by atoms with E-state index in [1.165, 1.54) is 4.90 Å². The molecule has 0 fully saturated rings. The van der Waals surface area contributed by atoms with E-state index in [1.54, 1.807) is 74.7 Å². The second-order valence-corrected chi connectivity index (χ2v) is 7.78. The quantitative estimate of drug-likeness (QED) is 0.444. The molecule has 0 unspecified atom stereocenters. The van der Waals surface area contributed by atoms with Gasteiger partial charge in [0, 0.05) is 35.8 Å². The van der Waals surface area contributed by atoms with Crippen LogP contribution in [0.15, 0.2) is 71.3 Å². The Kier molecular flexibility index (Phi) is 7.95. The Morgan fingerprint density at radius 3 is 2.47 bits per heavy atom. The molecule has 3 aromatic rings. The lowest BCUT2D eigenvalue weighted by Crippen LogP contribution is -2.36. The minimum absolute atomic E-state index is 0.00714. The highest BCUT2D eigenvalue weighted by Crippen LogP contribution is 2.24. The standard InChI is InChI=1S/C26H28N2O6/c1-18(2)28(26(32)20-11-9-19(10-12-20)22-8-5-15-33-22)16-21-6-3-4-7-23(21)34-17-24(29)27-14-13-25(30)31/h3-12,15,18H,13-14,16-17H2,1-2H3,(H,27,29)(H,30,31)/i18D. The van der Waals surface area contributed by atoms with Crippen LogP contribution in [0.5, 0.6) is 5.75 Å². The molecule has 0 saturated carbocycles. The molecule has 0 aliphatic heterocycles. The molecular formula is C26H28N2O6. The number of carbonyl (C=O) groups excluding carboxylic acids is 2. The molecule has 0 radical (unpaired) electrons. The van der Waals surface area contributed by atoms with Crippen molar-refractivity contribution in [2.75, 3.05) is 13.2 Å². The SMILES string of the molecule is [2H]C(C)(C)N(Cc1ccccc1OCC(=O)NCCC(=O)O)C(=O)c1ccc(-c2ccco2)cc1. The number of amides is 2. The van der Waals surface area contributed by atoms with Gasteiger partial charge in [-0.1, -0.05) is 30.3 Å². The van der Waals surface area contributed by atoms with Crippen molar-refractivity contribution in [1.82, 2.24) is 10.2 Å². The monoisotopic (exact) mass is 465 g/mol. The van der Waals surface area contributed by atoms with Gasteiger partial charge in [0.2, 0.25) is 0 Å². The van der Waals surface area contributed by atoms with E-state index >= 15 is 0 Å². The molecule has 178 valence electrons. The predicted molar refractivity (Wildman–Crippen MR) is 126 cm³/mol. The van der Waals surface area contributed by atoms with Crippen LogP contribution in [0.1, 0.15) is 37.6 Å². The smallest absolute Gasteiger partial charge is 0.305 e. The molecule has 1 aromatic heterocycles. The van der Waals surface area contributed by atoms with Gasteiger partial charge in [-0.3, -0.25) is 14.4 Å². The number of nitrogens with zero attached hydrogens (tertiary/aromatic N) is 1. The van der Waals surface area contributed by atoms with Gasteiger partial charge < -0.3 is 24.5 Å². The zero-order valence-corrected chi connectivity index (χ0v) is 19.1. The number of carboxylic acid groups (broad SMARTS) is 1. The molecule has 0 aliphatic rings. The van der Waals surface area contributed by atoms with E-state index in [0.717, 1.165) is 5.56 Å². The van der Waals surface area contributed by atoms with Gasteiger partial charge in [0.25, 0.3) is 11.8 Å². The Bertz CT molecular complexity index is 1150. The van der Waals surface area contributed by atoms with Crippen molar-refractivity contribution in [2.24, 2.45) is 0 Å². The largest absolute Gasteiger partial charge is 0.483 e. The molecule has 0 atom stereocenters. The van der Waals surface area contributed by atoms with Crippen molar-refractivity contribution in [3.63, 3.8) is 0 Å². The molecule has 34 heavy (non-hydrogen) atoms. The lowest BCUT2D eigenvalue weighted by molar-refractivity contribution is -0.137. The summed E-state index contributed by atoms with van der Waals surface area (Å²) in [6.07, 6.45) is 1.40. The Morgan fingerprint density at radius 1 is 1.09 bits per heavy atom. The van der Waals surface area contributed by atoms with Gasteiger partial charge in [-0.25, -0.2) is 0 Å². The number of para-hydroxylation sites is 1. The molecule has 0 aliphatic carbocycles. The summed E-state index contributed by atoms with van der Waals surface area (Å²) in [6, 6.07) is 16.3. The van der Waals surface area contributed by atoms with Gasteiger partial charge >= 0.3 is 5.97 Å². The van der Waals surface area contributed by atoms with Gasteiger partial charge in [0.1, 0.15) is 11.5 Å². The van der Waals surface area contributed by atoms with Crippen molar-refractivity contribution >= 4 is 17.8 Å². The molecule has 8 heteroatoms. The number of hydrogen-bond acceptors (Lipinski definition) is 5. The van der Waals surface area contributed by atoms with Crippen molar-refractivity contribution in [3.8, 4) is 17.1 Å². The highest BCUT2D eigenvalue weighted by atomic mass is 16.5. The molecule has 0 spiro atoms. The van der Waals surface area contributed by atoms with Crippen LogP contribution in [-0.4, -0.2) is 47.0 Å². The second kappa shape index (κ2) is 11.7. The lowest BCUT2D eigenvalue weighted by Gasteiger charge is -2.28. The van der Waals surface area contributed by atoms with Crippen LogP contribution in [0.25, 0.3) is 11.3 Å². The number of ether oxygens (including phenoxy) is 1. The van der Waals surface area contributed by atoms with Gasteiger partial charge in [-0.2, -0.15) is 0 Å². The summed E-state index contributed by atoms with van der Waals surface area (Å²) in [5.41, 5.74) is 1.90. The molecule has 2 N–H and O–H groups in total. The fraction of sp³-hybridized carbons (Fsp3) is 0.269. The summed E-state index contributed by atoms with van der Waals surface area (Å²) >= 11 is 0. The van der Waals surface area contributed by atoms with E-state index in [9.17, 15) is 14.4 Å². The molecule has 0 bridgehead atoms. The van der Waals surface area contributed by atoms with Crippen molar-refractivity contribution < 1.29 is 30.0 Å². The van der Waals surface area contributed by atoms with E-state index in [1.807, 2.05) is 6.07 Å². The maximum Gasteiger partial charge on any atom is 0.305 e. The first kappa shape index (κ1) is 23.1. The minimum Gasteiger partial charge on any atom is -0.483 e. The van der Waals surface area contributed by atoms with Crippen molar-refractivity contribution in [1.29, 1.82) is 0 Å². The van der Waals surface area contributed by atoms with Gasteiger partial charge in [-0.05, 0) is 44.2 Å². The van der Waals surface area contributed by atoms with E-state index in [2.05, 4.69) is 5.32 Å². The Hall–Kier alpha value is -4.07. The maximum atomic E-state index is 13.4. The van der Waals surface area contributed by atoms with Crippen LogP contribution in [0, 0.1) is 0 Å². The first-order valence-corrected chi connectivity index (χ1v) is 10.8. The van der Waals surface area contributed by atoms with Crippen LogP contribution in [-0.2, 0) is 16.1 Å². The number of furan rings is 1. The average molecular weight is 466 g/mol. The van der Waals surface area contributed by atoms with Crippen LogP contribution >= 0.6 is 0 Å². The van der Waals surface area contributed by atoms with E-state index in [-0.39, 0.29) is 32.0 Å². The van der Waals surface area contributed by atoms with Gasteiger partial charge in [0.05, 0.1) is 14.1 Å². The number of hydrogen-bond donors (Lipinski definition) is 2. The topological polar surface area (TPSA) is 109 Å². The fourth-order valence-electron chi connectivity index (χ4n) is 3.26. The first-order chi connectivity index (χ1) is 16.6. The maximum absolute atomic E-state index is 13.4. The molecular weight excluding hydrogens is 436 g/mol. The molecule has 3 rings (SSSR count). The van der Waals surface area contributed by atoms with Gasteiger partial charge in [-0.15, -0.1) is 0 Å². The molecule has 2 amide bonds. The fourth-order valence-corrected chi connectivity index (χ4v) is 3.26. The first-order valence-electron chi connectivity index (χ1n) is 11.3. The predicted octanol–water partition coefficient (Wildman–Crippen LogP) is 3.97. The third-order valence-electron chi connectivity index (χ3n) is 5.04. The normalized spacial score (nSPS) is 11.4. The summed E-state index contributed by atoms with van der Waals surface area (Å²) in [5.74, 6) is -0.686. The second-order valence-electron chi connectivity index (χ2n) is 7.78. The molecule has 2 aromatic carbocycles. The summed E-state index contributed by atoms with van der Waals surface area (Å²) in [6.45, 7) is 3.05. The zero-order chi connectivity index (χ0) is 25.4. The van der Waals surface area contributed by atoms with E-state index < -0.39 is 17.9 Å². The number of nitrogens with one attached hydrogen (secondary N) is 1. The third kappa shape index (κ3) is 6.71. The molecule has 8 nitrogen and oxygen atoms in total. The van der Waals surface area contributed by atoms with E-state index in [4.69, 9.17) is 15.6 Å². The van der Waals surface area contributed by atoms with Crippen molar-refractivity contribution in [2.45, 2.75) is 32.8 Å². The van der Waals surface area contributed by atoms with Crippen LogP contribution in [0.4, 0.5) is 0 Å². The number of carbonyl (C=O) groups is 3. The summed E-state index contributed by atoms with van der Waals surface area (Å²) in [5, 5.41) is 11.1. The van der Waals surface area contributed by atoms with Gasteiger partial charge in [0.15, 0.2) is 6.61 Å². The lowest BCUT2D eigenvalue weighted by atomic mass is 10.1. The van der Waals surface area contributed by atoms with Crippen LogP contribution in [0.2, 0.25) is 0 Å². The van der Waals surface area contributed by atoms with E-state index in [0.29, 0.717) is 22.6 Å². The molecule has 1 heterocycles. The highest BCUT2D eigenvalue weighted by Gasteiger charge is 2.21. The number of carboxylic acids is 1. The number of benzene rings is 2. The van der Waals surface area contributed by atoms with Crippen molar-refractivity contribution in [3.05, 3.63) is 78.1 Å². The number of rotatable bonds is 11. The Labute approximate surface area is 199 Å². The Balaban J connectivity index is 1.73.